The van der Waals surface area contributed by atoms with Crippen molar-refractivity contribution in [3.63, 3.8) is 0 Å². The van der Waals surface area contributed by atoms with Crippen LogP contribution in [0.1, 0.15) is 0 Å². The summed E-state index contributed by atoms with van der Waals surface area (Å²) < 4.78 is 0. The van der Waals surface area contributed by atoms with Gasteiger partial charge in [-0.05, 0) is 16.9 Å². The first-order valence-corrected chi connectivity index (χ1v) is 4.75. The van der Waals surface area contributed by atoms with Crippen molar-refractivity contribution in [2.45, 2.75) is 0 Å². The van der Waals surface area contributed by atoms with Crippen LogP contribution >= 0.6 is 0 Å². The van der Waals surface area contributed by atoms with Gasteiger partial charge in [0.15, 0.2) is 0 Å². The standard InChI is InChI=1S/C12H8N3/c1-2-5-9(6-3-1)10-7-4-8-11-12(10)14-15-13-11/h1-8H. The lowest BCUT2D eigenvalue weighted by Crippen LogP contribution is -1.81. The summed E-state index contributed by atoms with van der Waals surface area (Å²) in [6.07, 6.45) is 0. The molecule has 0 bridgehead atoms. The molecular weight excluding hydrogens is 186 g/mol. The van der Waals surface area contributed by atoms with E-state index in [9.17, 15) is 0 Å². The molecule has 0 amide bonds. The van der Waals surface area contributed by atoms with Crippen LogP contribution in [-0.2, 0) is 0 Å². The molecule has 71 valence electrons. The number of rotatable bonds is 1. The van der Waals surface area contributed by atoms with E-state index in [4.69, 9.17) is 0 Å². The van der Waals surface area contributed by atoms with Gasteiger partial charge in [0.2, 0.25) is 0 Å². The SMILES string of the molecule is c1ccc(-c2cccc3c2N=N[N]3)cc1. The fourth-order valence-corrected chi connectivity index (χ4v) is 1.68. The maximum atomic E-state index is 4.03. The third kappa shape index (κ3) is 1.29. The molecule has 1 radical (unpaired) electrons. The molecule has 3 heteroatoms. The van der Waals surface area contributed by atoms with Crippen LogP contribution in [0.25, 0.3) is 11.1 Å². The van der Waals surface area contributed by atoms with E-state index < -0.39 is 0 Å². The Labute approximate surface area is 87.4 Å². The van der Waals surface area contributed by atoms with Crippen LogP contribution in [0.3, 0.4) is 0 Å². The number of nitrogens with zero attached hydrogens (tertiary/aromatic N) is 3. The van der Waals surface area contributed by atoms with Gasteiger partial charge in [-0.15, -0.1) is 10.5 Å². The first-order chi connectivity index (χ1) is 7.45. The van der Waals surface area contributed by atoms with Gasteiger partial charge in [-0.1, -0.05) is 42.5 Å². The Morgan fingerprint density at radius 1 is 0.800 bits per heavy atom. The maximum Gasteiger partial charge on any atom is 0.123 e. The molecule has 1 aliphatic rings. The van der Waals surface area contributed by atoms with E-state index in [1.165, 1.54) is 0 Å². The van der Waals surface area contributed by atoms with Gasteiger partial charge in [0.25, 0.3) is 0 Å². The third-order valence-corrected chi connectivity index (χ3v) is 2.40. The predicted octanol–water partition coefficient (Wildman–Crippen LogP) is 3.60. The Kier molecular flexibility index (Phi) is 1.75. The zero-order valence-corrected chi connectivity index (χ0v) is 7.96. The molecular formula is C12H8N3. The fraction of sp³-hybridized carbons (Fsp3) is 0. The van der Waals surface area contributed by atoms with Crippen LogP contribution in [0.4, 0.5) is 11.4 Å². The minimum atomic E-state index is 0.844. The average molecular weight is 194 g/mol. The molecule has 0 saturated carbocycles. The van der Waals surface area contributed by atoms with Crippen LogP contribution < -0.4 is 5.43 Å². The first kappa shape index (κ1) is 8.17. The summed E-state index contributed by atoms with van der Waals surface area (Å²) in [6.45, 7) is 0. The predicted molar refractivity (Wildman–Crippen MR) is 58.2 cm³/mol. The number of fused-ring (bicyclic) bond motifs is 1. The highest BCUT2D eigenvalue weighted by molar-refractivity contribution is 5.83. The van der Waals surface area contributed by atoms with E-state index >= 15 is 0 Å². The Morgan fingerprint density at radius 3 is 2.53 bits per heavy atom. The van der Waals surface area contributed by atoms with Gasteiger partial charge in [-0.2, -0.15) is 0 Å². The molecule has 1 heterocycles. The van der Waals surface area contributed by atoms with Gasteiger partial charge >= 0.3 is 0 Å². The molecule has 0 saturated heterocycles. The van der Waals surface area contributed by atoms with E-state index in [1.54, 1.807) is 0 Å². The van der Waals surface area contributed by atoms with Gasteiger partial charge in [0.05, 0.1) is 0 Å². The molecule has 0 atom stereocenters. The highest BCUT2D eigenvalue weighted by Gasteiger charge is 2.14. The molecule has 0 spiro atoms. The molecule has 0 N–H and O–H groups in total. The Morgan fingerprint density at radius 2 is 1.67 bits per heavy atom. The topological polar surface area (TPSA) is 38.8 Å². The van der Waals surface area contributed by atoms with Crippen LogP contribution in [0.15, 0.2) is 58.9 Å². The van der Waals surface area contributed by atoms with E-state index in [2.05, 4.69) is 27.9 Å². The van der Waals surface area contributed by atoms with E-state index in [0.29, 0.717) is 0 Å². The van der Waals surface area contributed by atoms with E-state index in [1.807, 2.05) is 36.4 Å². The van der Waals surface area contributed by atoms with Gasteiger partial charge < -0.3 is 0 Å². The number of hydrogen-bond donors (Lipinski definition) is 0. The largest absolute Gasteiger partial charge is 0.128 e. The molecule has 15 heavy (non-hydrogen) atoms. The molecule has 2 aromatic carbocycles. The second-order valence-corrected chi connectivity index (χ2v) is 3.33. The van der Waals surface area contributed by atoms with Crippen molar-refractivity contribution in [2.24, 2.45) is 10.3 Å². The summed E-state index contributed by atoms with van der Waals surface area (Å²) in [5, 5.41) is 7.72. The Bertz CT molecular complexity index is 518. The summed E-state index contributed by atoms with van der Waals surface area (Å²) in [6, 6.07) is 16.1. The van der Waals surface area contributed by atoms with Crippen molar-refractivity contribution < 1.29 is 0 Å². The van der Waals surface area contributed by atoms with Gasteiger partial charge in [0, 0.05) is 5.56 Å². The Balaban J connectivity index is 2.21. The first-order valence-electron chi connectivity index (χ1n) is 4.75. The monoisotopic (exact) mass is 194 g/mol. The van der Waals surface area contributed by atoms with Crippen molar-refractivity contribution in [3.05, 3.63) is 48.5 Å². The summed E-state index contributed by atoms with van der Waals surface area (Å²) in [7, 11) is 0. The second kappa shape index (κ2) is 3.20. The summed E-state index contributed by atoms with van der Waals surface area (Å²) in [5.74, 6) is 0. The summed E-state index contributed by atoms with van der Waals surface area (Å²) >= 11 is 0. The van der Waals surface area contributed by atoms with Gasteiger partial charge in [0.1, 0.15) is 11.4 Å². The minimum Gasteiger partial charge on any atom is -0.128 e. The van der Waals surface area contributed by atoms with Crippen molar-refractivity contribution >= 4 is 11.4 Å². The van der Waals surface area contributed by atoms with Gasteiger partial charge in [-0.25, -0.2) is 0 Å². The Hall–Kier alpha value is -2.16. The highest BCUT2D eigenvalue weighted by Crippen LogP contribution is 2.39. The summed E-state index contributed by atoms with van der Waals surface area (Å²) in [5.41, 5.74) is 7.88. The molecule has 0 aliphatic carbocycles. The number of benzene rings is 2. The van der Waals surface area contributed by atoms with Crippen molar-refractivity contribution in [3.8, 4) is 11.1 Å². The molecule has 0 fully saturated rings. The fourth-order valence-electron chi connectivity index (χ4n) is 1.68. The van der Waals surface area contributed by atoms with Crippen molar-refractivity contribution in [2.75, 3.05) is 0 Å². The average Bonchev–Trinajstić information content (AvgIpc) is 2.78. The summed E-state index contributed by atoms with van der Waals surface area (Å²) in [4.78, 5) is 0. The third-order valence-electron chi connectivity index (χ3n) is 2.40. The molecule has 2 aromatic rings. The van der Waals surface area contributed by atoms with E-state index in [-0.39, 0.29) is 0 Å². The zero-order chi connectivity index (χ0) is 10.1. The highest BCUT2D eigenvalue weighted by atomic mass is 15.5. The number of hydrogen-bond acceptors (Lipinski definition) is 2. The second-order valence-electron chi connectivity index (χ2n) is 3.33. The van der Waals surface area contributed by atoms with E-state index in [0.717, 1.165) is 22.5 Å². The molecule has 0 aromatic heterocycles. The smallest absolute Gasteiger partial charge is 0.123 e. The van der Waals surface area contributed by atoms with Gasteiger partial charge in [-0.3, -0.25) is 0 Å². The van der Waals surface area contributed by atoms with Crippen LogP contribution in [-0.4, -0.2) is 0 Å². The normalized spacial score (nSPS) is 12.3. The minimum absolute atomic E-state index is 0.844. The zero-order valence-electron chi connectivity index (χ0n) is 7.96. The lowest BCUT2D eigenvalue weighted by molar-refractivity contribution is 0.923. The van der Waals surface area contributed by atoms with Crippen LogP contribution in [0, 0.1) is 0 Å². The van der Waals surface area contributed by atoms with Crippen molar-refractivity contribution in [1.29, 1.82) is 0 Å². The van der Waals surface area contributed by atoms with Crippen LogP contribution in [0.5, 0.6) is 0 Å². The lowest BCUT2D eigenvalue weighted by Gasteiger charge is -2.03. The quantitative estimate of drug-likeness (QED) is 0.665. The van der Waals surface area contributed by atoms with Crippen molar-refractivity contribution in [1.82, 2.24) is 5.43 Å². The maximum absolute atomic E-state index is 4.03. The molecule has 1 aliphatic heterocycles. The van der Waals surface area contributed by atoms with Crippen LogP contribution in [0.2, 0.25) is 0 Å². The molecule has 3 nitrogen and oxygen atoms in total. The molecule has 0 unspecified atom stereocenters. The lowest BCUT2D eigenvalue weighted by atomic mass is 10.0. The molecule has 3 rings (SSSR count).